The molecule has 7 nitrogen and oxygen atoms in total. The molecule has 132 valence electrons. The lowest BCUT2D eigenvalue weighted by Gasteiger charge is -2.07. The van der Waals surface area contributed by atoms with Crippen molar-refractivity contribution in [1.82, 2.24) is 9.78 Å². The minimum absolute atomic E-state index is 0.00878. The van der Waals surface area contributed by atoms with Gasteiger partial charge in [-0.05, 0) is 36.8 Å². The summed E-state index contributed by atoms with van der Waals surface area (Å²) < 4.78 is 1.31. The molecule has 26 heavy (non-hydrogen) atoms. The Kier molecular flexibility index (Phi) is 4.70. The van der Waals surface area contributed by atoms with Crippen molar-refractivity contribution in [1.29, 1.82) is 0 Å². The molecule has 7 heteroatoms. The van der Waals surface area contributed by atoms with Gasteiger partial charge < -0.3 is 10.2 Å². The Labute approximate surface area is 149 Å². The SMILES string of the molecule is Cc1cc(=O)n(C)nc1-c1ccc(NN=Cc2ccc(O)cc2O)cc1. The van der Waals surface area contributed by atoms with E-state index in [4.69, 9.17) is 0 Å². The highest BCUT2D eigenvalue weighted by Crippen LogP contribution is 2.22. The van der Waals surface area contributed by atoms with Crippen LogP contribution in [0, 0.1) is 6.92 Å². The van der Waals surface area contributed by atoms with E-state index in [1.807, 2.05) is 31.2 Å². The Morgan fingerprint density at radius 2 is 1.85 bits per heavy atom. The van der Waals surface area contributed by atoms with E-state index in [1.54, 1.807) is 19.2 Å². The lowest BCUT2D eigenvalue weighted by atomic mass is 10.1. The number of hydrogen-bond donors (Lipinski definition) is 3. The lowest BCUT2D eigenvalue weighted by Crippen LogP contribution is -2.19. The van der Waals surface area contributed by atoms with E-state index in [1.165, 1.54) is 23.0 Å². The lowest BCUT2D eigenvalue weighted by molar-refractivity contribution is 0.450. The first-order valence-corrected chi connectivity index (χ1v) is 7.90. The number of aromatic nitrogens is 2. The summed E-state index contributed by atoms with van der Waals surface area (Å²) in [6.45, 7) is 1.85. The molecule has 3 rings (SSSR count). The van der Waals surface area contributed by atoms with Crippen LogP contribution in [0.5, 0.6) is 11.5 Å². The number of anilines is 1. The third kappa shape index (κ3) is 3.72. The number of nitrogens with zero attached hydrogens (tertiary/aromatic N) is 3. The molecule has 0 amide bonds. The first kappa shape index (κ1) is 17.2. The predicted octanol–water partition coefficient (Wildman–Crippen LogP) is 2.61. The van der Waals surface area contributed by atoms with Gasteiger partial charge in [0.2, 0.25) is 0 Å². The molecule has 0 aliphatic rings. The van der Waals surface area contributed by atoms with Crippen LogP contribution in [-0.2, 0) is 7.05 Å². The van der Waals surface area contributed by atoms with Crippen molar-refractivity contribution in [3.8, 4) is 22.8 Å². The quantitative estimate of drug-likeness (QED) is 0.496. The average Bonchev–Trinajstić information content (AvgIpc) is 2.61. The van der Waals surface area contributed by atoms with Gasteiger partial charge in [-0.15, -0.1) is 0 Å². The first-order valence-electron chi connectivity index (χ1n) is 7.90. The fourth-order valence-electron chi connectivity index (χ4n) is 2.43. The maximum absolute atomic E-state index is 11.6. The summed E-state index contributed by atoms with van der Waals surface area (Å²) in [6.07, 6.45) is 1.46. The van der Waals surface area contributed by atoms with Gasteiger partial charge in [-0.1, -0.05) is 12.1 Å². The van der Waals surface area contributed by atoms with Crippen LogP contribution in [0.1, 0.15) is 11.1 Å². The maximum Gasteiger partial charge on any atom is 0.266 e. The van der Waals surface area contributed by atoms with Crippen molar-refractivity contribution >= 4 is 11.9 Å². The zero-order valence-electron chi connectivity index (χ0n) is 14.3. The van der Waals surface area contributed by atoms with Gasteiger partial charge in [-0.3, -0.25) is 10.2 Å². The van der Waals surface area contributed by atoms with Crippen LogP contribution in [0.3, 0.4) is 0 Å². The van der Waals surface area contributed by atoms with Crippen LogP contribution in [0.2, 0.25) is 0 Å². The molecule has 0 bridgehead atoms. The third-order valence-corrected chi connectivity index (χ3v) is 3.85. The monoisotopic (exact) mass is 350 g/mol. The van der Waals surface area contributed by atoms with Gasteiger partial charge in [0, 0.05) is 30.3 Å². The van der Waals surface area contributed by atoms with Gasteiger partial charge in [0.05, 0.1) is 17.6 Å². The standard InChI is InChI=1S/C19H18N4O3/c1-12-9-18(26)23(2)22-19(12)13-3-6-15(7-4-13)21-20-11-14-5-8-16(24)10-17(14)25/h3-11,21,24-25H,1-2H3. The Balaban J connectivity index is 1.75. The predicted molar refractivity (Wildman–Crippen MR) is 101 cm³/mol. The molecule has 2 aromatic carbocycles. The van der Waals surface area contributed by atoms with E-state index >= 15 is 0 Å². The van der Waals surface area contributed by atoms with Crippen LogP contribution < -0.4 is 11.0 Å². The number of hydrazone groups is 1. The second-order valence-electron chi connectivity index (χ2n) is 5.83. The minimum Gasteiger partial charge on any atom is -0.508 e. The molecule has 0 fully saturated rings. The van der Waals surface area contributed by atoms with Gasteiger partial charge in [-0.25, -0.2) is 4.68 Å². The van der Waals surface area contributed by atoms with Crippen molar-refractivity contribution in [2.45, 2.75) is 6.92 Å². The highest BCUT2D eigenvalue weighted by molar-refractivity contribution is 5.84. The molecule has 0 radical (unpaired) electrons. The first-order chi connectivity index (χ1) is 12.4. The molecular weight excluding hydrogens is 332 g/mol. The minimum atomic E-state index is -0.142. The molecule has 0 atom stereocenters. The van der Waals surface area contributed by atoms with E-state index in [0.29, 0.717) is 5.56 Å². The summed E-state index contributed by atoms with van der Waals surface area (Å²) >= 11 is 0. The number of phenolic OH excluding ortho intramolecular Hbond substituents is 2. The summed E-state index contributed by atoms with van der Waals surface area (Å²) in [6, 6.07) is 13.3. The fraction of sp³-hybridized carbons (Fsp3) is 0.105. The summed E-state index contributed by atoms with van der Waals surface area (Å²) in [5.74, 6) is -0.0624. The number of aromatic hydroxyl groups is 2. The van der Waals surface area contributed by atoms with Crippen LogP contribution in [0.15, 0.2) is 58.4 Å². The molecule has 0 saturated heterocycles. The second-order valence-corrected chi connectivity index (χ2v) is 5.83. The average molecular weight is 350 g/mol. The van der Waals surface area contributed by atoms with Crippen LogP contribution in [0.4, 0.5) is 5.69 Å². The van der Waals surface area contributed by atoms with Crippen molar-refractivity contribution in [3.63, 3.8) is 0 Å². The summed E-state index contributed by atoms with van der Waals surface area (Å²) in [5, 5.41) is 27.3. The summed E-state index contributed by atoms with van der Waals surface area (Å²) in [4.78, 5) is 11.6. The second kappa shape index (κ2) is 7.10. The van der Waals surface area contributed by atoms with E-state index in [2.05, 4.69) is 15.6 Å². The molecule has 0 saturated carbocycles. The number of hydrogen-bond acceptors (Lipinski definition) is 6. The molecule has 1 heterocycles. The van der Waals surface area contributed by atoms with Crippen LogP contribution in [-0.4, -0.2) is 26.2 Å². The Morgan fingerprint density at radius 3 is 2.54 bits per heavy atom. The molecule has 3 aromatic rings. The molecular formula is C19H18N4O3. The van der Waals surface area contributed by atoms with E-state index in [0.717, 1.165) is 22.5 Å². The Hall–Kier alpha value is -3.61. The molecule has 0 aliphatic carbocycles. The highest BCUT2D eigenvalue weighted by Gasteiger charge is 2.06. The van der Waals surface area contributed by atoms with Gasteiger partial charge in [0.25, 0.3) is 5.56 Å². The van der Waals surface area contributed by atoms with Gasteiger partial charge in [-0.2, -0.15) is 10.2 Å². The topological polar surface area (TPSA) is 99.7 Å². The zero-order valence-corrected chi connectivity index (χ0v) is 14.3. The van der Waals surface area contributed by atoms with E-state index in [9.17, 15) is 15.0 Å². The van der Waals surface area contributed by atoms with E-state index in [-0.39, 0.29) is 17.1 Å². The van der Waals surface area contributed by atoms with Crippen molar-refractivity contribution in [2.24, 2.45) is 12.1 Å². The molecule has 3 N–H and O–H groups in total. The van der Waals surface area contributed by atoms with Gasteiger partial charge in [0.15, 0.2) is 0 Å². The number of benzene rings is 2. The Morgan fingerprint density at radius 1 is 1.12 bits per heavy atom. The molecule has 0 spiro atoms. The Bertz CT molecular complexity index is 1020. The maximum atomic E-state index is 11.6. The number of phenols is 2. The number of aryl methyl sites for hydroxylation is 2. The molecule has 1 aromatic heterocycles. The largest absolute Gasteiger partial charge is 0.508 e. The van der Waals surface area contributed by atoms with Crippen molar-refractivity contribution in [2.75, 3.05) is 5.43 Å². The molecule has 0 aliphatic heterocycles. The normalized spacial score (nSPS) is 11.0. The summed E-state index contributed by atoms with van der Waals surface area (Å²) in [5.41, 5.74) is 6.42. The fourth-order valence-corrected chi connectivity index (χ4v) is 2.43. The van der Waals surface area contributed by atoms with Crippen molar-refractivity contribution in [3.05, 3.63) is 70.0 Å². The number of nitrogens with one attached hydrogen (secondary N) is 1. The van der Waals surface area contributed by atoms with Gasteiger partial charge in [0.1, 0.15) is 11.5 Å². The smallest absolute Gasteiger partial charge is 0.266 e. The van der Waals surface area contributed by atoms with Crippen LogP contribution in [0.25, 0.3) is 11.3 Å². The highest BCUT2D eigenvalue weighted by atomic mass is 16.3. The van der Waals surface area contributed by atoms with Crippen LogP contribution >= 0.6 is 0 Å². The molecule has 0 unspecified atom stereocenters. The number of rotatable bonds is 4. The van der Waals surface area contributed by atoms with Crippen molar-refractivity contribution < 1.29 is 10.2 Å². The third-order valence-electron chi connectivity index (χ3n) is 3.85. The van der Waals surface area contributed by atoms with E-state index < -0.39 is 0 Å². The summed E-state index contributed by atoms with van der Waals surface area (Å²) in [7, 11) is 1.62. The van der Waals surface area contributed by atoms with Gasteiger partial charge >= 0.3 is 0 Å². The zero-order chi connectivity index (χ0) is 18.7.